The Bertz CT molecular complexity index is 2560. The van der Waals surface area contributed by atoms with Gasteiger partial charge < -0.3 is 63.0 Å². The van der Waals surface area contributed by atoms with Gasteiger partial charge in [-0.3, -0.25) is 9.59 Å². The molecule has 68 heavy (non-hydrogen) atoms. The minimum Gasteiger partial charge on any atom is -0.479 e. The van der Waals surface area contributed by atoms with Gasteiger partial charge in [-0.15, -0.1) is 0 Å². The largest absolute Gasteiger partial charge is 0.479 e. The lowest BCUT2D eigenvalue weighted by Crippen LogP contribution is -2.52. The summed E-state index contributed by atoms with van der Waals surface area (Å²) >= 11 is 0. The van der Waals surface area contributed by atoms with E-state index in [-0.39, 0.29) is 57.9 Å². The minimum atomic E-state index is -0.562. The van der Waals surface area contributed by atoms with E-state index in [0.29, 0.717) is 47.1 Å². The van der Waals surface area contributed by atoms with Gasteiger partial charge >= 0.3 is 12.2 Å². The smallest absolute Gasteiger partial charge is 0.399 e. The second-order valence-electron chi connectivity index (χ2n) is 17.4. The van der Waals surface area contributed by atoms with Crippen LogP contribution in [0.5, 0.6) is 47.2 Å². The van der Waals surface area contributed by atoms with Crippen LogP contribution < -0.4 is 49.3 Å². The number of nitrogens with one attached hydrogen (secondary N) is 3. The molecule has 364 valence electrons. The molecule has 21 heteroatoms. The van der Waals surface area contributed by atoms with Crippen LogP contribution in [0, 0.1) is 0 Å². The summed E-state index contributed by atoms with van der Waals surface area (Å²) in [5.74, 6) is 2.77. The number of benzene rings is 2. The van der Waals surface area contributed by atoms with Crippen LogP contribution in [-0.4, -0.2) is 123 Å². The number of methoxy groups -OCH3 is 4. The lowest BCUT2D eigenvalue weighted by Gasteiger charge is -2.36. The maximum atomic E-state index is 12.9. The Labute approximate surface area is 395 Å². The summed E-state index contributed by atoms with van der Waals surface area (Å²) in [5, 5.41) is 8.86. The summed E-state index contributed by atoms with van der Waals surface area (Å²) in [4.78, 5) is 52.5. The molecule has 3 N–H and O–H groups in total. The number of carbonyl (C=O) groups is 2. The molecule has 6 aromatic rings. The number of amides is 1. The van der Waals surface area contributed by atoms with Crippen molar-refractivity contribution in [1.82, 2.24) is 34.8 Å². The van der Waals surface area contributed by atoms with Gasteiger partial charge in [-0.2, -0.15) is 29.9 Å². The molecule has 0 radical (unpaired) electrons. The summed E-state index contributed by atoms with van der Waals surface area (Å²) in [6.45, 7) is 14.5. The van der Waals surface area contributed by atoms with E-state index in [4.69, 9.17) is 37.3 Å². The fraction of sp³-hybridized carbons (Fsp3) is 0.404. The quantitative estimate of drug-likeness (QED) is 0.0835. The standard InChI is InChI=1S/C24H30N6O5.C14H15NO3.C9H16N4O2/c1-24(2,3)14-8-7-9-16(10-14)35-23-26-17(13-34-23)19(31)27-18-20(32-5)28-22(29-21(18)33-6)25-15-11-30(4)12-15;1-14(2,3)10-5-4-6-12(7-10)18-13-15-11(8-16)9-17-13;1-10-6-7(14-4)11-9(13(2)3)12-8(6)15-5/h7-10,13,15H,11-12H2,1-6H3,(H,27,31)(H,25,28,29);4-9H,1-3H3;10H,1-5H3. The van der Waals surface area contributed by atoms with Gasteiger partial charge in [0.1, 0.15) is 29.7 Å². The van der Waals surface area contributed by atoms with Gasteiger partial charge in [-0.25, -0.2) is 0 Å². The van der Waals surface area contributed by atoms with Crippen molar-refractivity contribution in [3.63, 3.8) is 0 Å². The van der Waals surface area contributed by atoms with Gasteiger partial charge in [0.05, 0.1) is 34.5 Å². The first kappa shape index (κ1) is 51.3. The highest BCUT2D eigenvalue weighted by molar-refractivity contribution is 6.04. The lowest BCUT2D eigenvalue weighted by molar-refractivity contribution is 0.102. The van der Waals surface area contributed by atoms with Gasteiger partial charge in [0.2, 0.25) is 35.4 Å². The first-order valence-corrected chi connectivity index (χ1v) is 21.3. The van der Waals surface area contributed by atoms with E-state index >= 15 is 0 Å². The van der Waals surface area contributed by atoms with Crippen LogP contribution >= 0.6 is 0 Å². The van der Waals surface area contributed by atoms with Crippen LogP contribution in [0.2, 0.25) is 0 Å². The summed E-state index contributed by atoms with van der Waals surface area (Å²) in [5.41, 5.74) is 3.31. The van der Waals surface area contributed by atoms with Crippen LogP contribution in [0.1, 0.15) is 73.6 Å². The monoisotopic (exact) mass is 939 g/mol. The zero-order chi connectivity index (χ0) is 49.8. The van der Waals surface area contributed by atoms with Crippen molar-refractivity contribution in [3.8, 4) is 47.2 Å². The molecule has 5 heterocycles. The maximum Gasteiger partial charge on any atom is 0.399 e. The highest BCUT2D eigenvalue weighted by Crippen LogP contribution is 2.35. The third kappa shape index (κ3) is 13.7. The number of carbonyl (C=O) groups excluding carboxylic acids is 2. The lowest BCUT2D eigenvalue weighted by atomic mass is 9.87. The first-order valence-electron chi connectivity index (χ1n) is 21.3. The Morgan fingerprint density at radius 1 is 0.721 bits per heavy atom. The number of oxazole rings is 2. The highest BCUT2D eigenvalue weighted by Gasteiger charge is 2.27. The number of aldehydes is 1. The van der Waals surface area contributed by atoms with Gasteiger partial charge in [-0.1, -0.05) is 65.8 Å². The van der Waals surface area contributed by atoms with Crippen LogP contribution in [0.3, 0.4) is 0 Å². The number of likely N-dealkylation sites (tertiary alicyclic amines) is 1. The molecule has 0 unspecified atom stereocenters. The second-order valence-corrected chi connectivity index (χ2v) is 17.4. The molecule has 7 rings (SSSR count). The Morgan fingerprint density at radius 2 is 1.21 bits per heavy atom. The van der Waals surface area contributed by atoms with E-state index in [2.05, 4.69) is 92.3 Å². The van der Waals surface area contributed by atoms with Crippen molar-refractivity contribution in [1.29, 1.82) is 0 Å². The average Bonchev–Trinajstić information content (AvgIpc) is 3.98. The topological polar surface area (TPSA) is 236 Å². The Kier molecular flexibility index (Phi) is 17.1. The Hall–Kier alpha value is -7.68. The molecule has 21 nitrogen and oxygen atoms in total. The Balaban J connectivity index is 0.000000218. The second kappa shape index (κ2) is 22.7. The van der Waals surface area contributed by atoms with Crippen LogP contribution in [0.4, 0.5) is 23.3 Å². The van der Waals surface area contributed by atoms with E-state index in [1.165, 1.54) is 26.7 Å². The maximum absolute atomic E-state index is 12.9. The average molecular weight is 940 g/mol. The number of ether oxygens (including phenoxy) is 6. The van der Waals surface area contributed by atoms with E-state index < -0.39 is 5.91 Å². The molecule has 0 spiro atoms. The molecule has 1 aliphatic rings. The van der Waals surface area contributed by atoms with Gasteiger partial charge in [0, 0.05) is 34.2 Å². The third-order valence-corrected chi connectivity index (χ3v) is 9.88. The van der Waals surface area contributed by atoms with Crippen molar-refractivity contribution in [2.45, 2.75) is 58.4 Å². The third-order valence-electron chi connectivity index (χ3n) is 9.88. The van der Waals surface area contributed by atoms with E-state index in [1.54, 1.807) is 32.2 Å². The van der Waals surface area contributed by atoms with Crippen LogP contribution in [0.25, 0.3) is 0 Å². The number of nitrogens with zero attached hydrogens (tertiary/aromatic N) is 8. The fourth-order valence-electron chi connectivity index (χ4n) is 6.19. The molecule has 1 fully saturated rings. The number of rotatable bonds is 15. The van der Waals surface area contributed by atoms with Gasteiger partial charge in [0.25, 0.3) is 5.91 Å². The zero-order valence-electron chi connectivity index (χ0n) is 41.0. The van der Waals surface area contributed by atoms with Crippen molar-refractivity contribution >= 4 is 35.5 Å². The van der Waals surface area contributed by atoms with E-state index in [0.717, 1.165) is 24.2 Å². The predicted octanol–water partition coefficient (Wildman–Crippen LogP) is 7.73. The summed E-state index contributed by atoms with van der Waals surface area (Å²) in [7, 11) is 13.5. The van der Waals surface area contributed by atoms with Crippen molar-refractivity contribution in [3.05, 3.63) is 83.6 Å². The molecule has 0 saturated carbocycles. The number of hydrogen-bond donors (Lipinski definition) is 3. The molecule has 1 aliphatic heterocycles. The molecular weight excluding hydrogens is 879 g/mol. The number of anilines is 4. The van der Waals surface area contributed by atoms with Crippen LogP contribution in [-0.2, 0) is 10.8 Å². The highest BCUT2D eigenvalue weighted by atomic mass is 16.6. The van der Waals surface area contributed by atoms with Gasteiger partial charge in [-0.05, 0) is 53.3 Å². The van der Waals surface area contributed by atoms with Crippen molar-refractivity contribution < 1.29 is 46.8 Å². The molecule has 0 bridgehead atoms. The van der Waals surface area contributed by atoms with Crippen LogP contribution in [0.15, 0.2) is 69.9 Å². The molecule has 1 saturated heterocycles. The van der Waals surface area contributed by atoms with E-state index in [9.17, 15) is 9.59 Å². The Morgan fingerprint density at radius 3 is 1.63 bits per heavy atom. The SMILES string of the molecule is CC(C)(C)c1cccc(Oc2nc(C=O)co2)c1.CNc1c(OC)nc(N(C)C)nc1OC.COc1nc(NC2CN(C)C2)nc(OC)c1NC(=O)c1coc(Oc2cccc(C(C)(C)C)c2)n1. The zero-order valence-corrected chi connectivity index (χ0v) is 41.0. The molecule has 1 amide bonds. The molecule has 0 atom stereocenters. The predicted molar refractivity (Wildman–Crippen MR) is 256 cm³/mol. The summed E-state index contributed by atoms with van der Waals surface area (Å²) < 4.78 is 42.6. The number of hydrogen-bond acceptors (Lipinski definition) is 20. The molecule has 2 aromatic carbocycles. The van der Waals surface area contributed by atoms with Gasteiger partial charge in [0.15, 0.2) is 23.4 Å². The summed E-state index contributed by atoms with van der Waals surface area (Å²) in [6, 6.07) is 15.6. The minimum absolute atomic E-state index is 0.00999. The number of likely N-dealkylation sites (N-methyl/N-ethyl adjacent to an activating group) is 1. The fourth-order valence-corrected chi connectivity index (χ4v) is 6.19. The van der Waals surface area contributed by atoms with E-state index in [1.807, 2.05) is 63.6 Å². The normalized spacial score (nSPS) is 12.4. The first-order chi connectivity index (χ1) is 32.3. The molecule has 0 aliphatic carbocycles. The molecule has 4 aromatic heterocycles. The summed E-state index contributed by atoms with van der Waals surface area (Å²) in [6.07, 6.45) is 3.10. The van der Waals surface area contributed by atoms with Crippen molar-refractivity contribution in [2.75, 3.05) is 90.6 Å². The molecular formula is C47H61N11O10. The number of aromatic nitrogens is 6. The van der Waals surface area contributed by atoms with Crippen molar-refractivity contribution in [2.24, 2.45) is 0 Å².